The van der Waals surface area contributed by atoms with Gasteiger partial charge in [0, 0.05) is 23.7 Å². The summed E-state index contributed by atoms with van der Waals surface area (Å²) in [6.07, 6.45) is 1.22. The second-order valence-electron chi connectivity index (χ2n) is 8.48. The monoisotopic (exact) mass is 513 g/mol. The molecule has 0 radical (unpaired) electrons. The fraction of sp³-hybridized carbons (Fsp3) is 0.458. The predicted octanol–water partition coefficient (Wildman–Crippen LogP) is 7.30. The van der Waals surface area contributed by atoms with Crippen LogP contribution in [0.4, 0.5) is 24.5 Å². The van der Waals surface area contributed by atoms with Crippen molar-refractivity contribution < 1.29 is 18.1 Å². The first-order valence-corrected chi connectivity index (χ1v) is 12.1. The molecule has 1 N–H and O–H groups in total. The van der Waals surface area contributed by atoms with Crippen LogP contribution in [-0.2, 0) is 12.7 Å². The summed E-state index contributed by atoms with van der Waals surface area (Å²) in [5, 5.41) is 15.8. The Labute approximate surface area is 207 Å². The lowest BCUT2D eigenvalue weighted by molar-refractivity contribution is -0.384. The van der Waals surface area contributed by atoms with Gasteiger partial charge in [-0.05, 0) is 49.1 Å². The number of nitrogens with one attached hydrogen (secondary N) is 1. The Morgan fingerprint density at radius 2 is 1.85 bits per heavy atom. The standard InChI is InChI=1S/C24H27ClF3N3O2S/c1-2-20(23(34)29-19-6-4-3-5-7-19)30(15-16-8-11-18(25)12-9-16)21-13-10-17(24(26,27)28)14-22(21)31(32)33/h8-14,19-20H,2-7,15H2,1H3,(H,29,34). The summed E-state index contributed by atoms with van der Waals surface area (Å²) in [6, 6.07) is 9.41. The summed E-state index contributed by atoms with van der Waals surface area (Å²) < 4.78 is 39.8. The van der Waals surface area contributed by atoms with Crippen LogP contribution < -0.4 is 10.2 Å². The molecule has 1 fully saturated rings. The minimum absolute atomic E-state index is 0.0904. The molecule has 0 amide bonds. The highest BCUT2D eigenvalue weighted by molar-refractivity contribution is 7.80. The first kappa shape index (κ1) is 26.2. The first-order valence-electron chi connectivity index (χ1n) is 11.3. The maximum Gasteiger partial charge on any atom is 0.416 e. The minimum atomic E-state index is -4.69. The third-order valence-electron chi connectivity index (χ3n) is 6.09. The fourth-order valence-corrected chi connectivity index (χ4v) is 4.92. The lowest BCUT2D eigenvalue weighted by Crippen LogP contribution is -2.49. The van der Waals surface area contributed by atoms with Gasteiger partial charge in [-0.3, -0.25) is 10.1 Å². The highest BCUT2D eigenvalue weighted by Crippen LogP contribution is 2.38. The Balaban J connectivity index is 2.02. The number of alkyl halides is 3. The van der Waals surface area contributed by atoms with E-state index in [0.29, 0.717) is 22.5 Å². The molecular weight excluding hydrogens is 487 g/mol. The molecule has 184 valence electrons. The fourth-order valence-electron chi connectivity index (χ4n) is 4.33. The van der Waals surface area contributed by atoms with Gasteiger partial charge in [0.05, 0.1) is 21.5 Å². The van der Waals surface area contributed by atoms with Gasteiger partial charge in [0.15, 0.2) is 0 Å². The van der Waals surface area contributed by atoms with Crippen molar-refractivity contribution in [3.05, 3.63) is 68.7 Å². The Kier molecular flexibility index (Phi) is 8.76. The number of nitro groups is 1. The molecule has 34 heavy (non-hydrogen) atoms. The Morgan fingerprint density at radius 3 is 2.41 bits per heavy atom. The van der Waals surface area contributed by atoms with Crippen molar-refractivity contribution in [2.45, 2.75) is 70.3 Å². The number of nitro benzene ring substituents is 1. The van der Waals surface area contributed by atoms with Gasteiger partial charge >= 0.3 is 6.18 Å². The highest BCUT2D eigenvalue weighted by atomic mass is 35.5. The quantitative estimate of drug-likeness (QED) is 0.228. The van der Waals surface area contributed by atoms with Crippen molar-refractivity contribution in [3.63, 3.8) is 0 Å². The summed E-state index contributed by atoms with van der Waals surface area (Å²) in [6.45, 7) is 2.12. The maximum atomic E-state index is 13.3. The second-order valence-corrected chi connectivity index (χ2v) is 9.36. The van der Waals surface area contributed by atoms with Gasteiger partial charge in [-0.2, -0.15) is 13.2 Å². The molecule has 2 aromatic carbocycles. The molecule has 1 unspecified atom stereocenters. The van der Waals surface area contributed by atoms with E-state index in [-0.39, 0.29) is 18.3 Å². The lowest BCUT2D eigenvalue weighted by Gasteiger charge is -2.36. The van der Waals surface area contributed by atoms with Crippen molar-refractivity contribution in [2.24, 2.45) is 0 Å². The molecule has 1 aliphatic carbocycles. The zero-order valence-electron chi connectivity index (χ0n) is 18.8. The first-order chi connectivity index (χ1) is 16.1. The summed E-state index contributed by atoms with van der Waals surface area (Å²) in [5.74, 6) is 0. The zero-order valence-corrected chi connectivity index (χ0v) is 20.3. The summed E-state index contributed by atoms with van der Waals surface area (Å²) >= 11 is 11.7. The minimum Gasteiger partial charge on any atom is -0.375 e. The molecule has 0 heterocycles. The third-order valence-corrected chi connectivity index (χ3v) is 6.73. The van der Waals surface area contributed by atoms with Gasteiger partial charge in [0.2, 0.25) is 0 Å². The van der Waals surface area contributed by atoms with Crippen LogP contribution in [0.25, 0.3) is 0 Å². The SMILES string of the molecule is CCC(C(=S)NC1CCCCC1)N(Cc1ccc(Cl)cc1)c1ccc(C(F)(F)F)cc1[N+](=O)[O-]. The van der Waals surface area contributed by atoms with Crippen molar-refractivity contribution >= 4 is 40.2 Å². The molecule has 2 aromatic rings. The van der Waals surface area contributed by atoms with Crippen LogP contribution in [0.5, 0.6) is 0 Å². The van der Waals surface area contributed by atoms with Gasteiger partial charge in [-0.25, -0.2) is 0 Å². The highest BCUT2D eigenvalue weighted by Gasteiger charge is 2.35. The summed E-state index contributed by atoms with van der Waals surface area (Å²) in [5.41, 5.74) is -0.779. The number of halogens is 4. The van der Waals surface area contributed by atoms with Crippen LogP contribution in [0.15, 0.2) is 42.5 Å². The van der Waals surface area contributed by atoms with E-state index in [1.54, 1.807) is 29.2 Å². The molecule has 0 saturated heterocycles. The summed E-state index contributed by atoms with van der Waals surface area (Å²) in [4.78, 5) is 13.3. The molecule has 10 heteroatoms. The third kappa shape index (κ3) is 6.60. The van der Waals surface area contributed by atoms with Crippen molar-refractivity contribution in [2.75, 3.05) is 4.90 Å². The maximum absolute atomic E-state index is 13.3. The molecule has 0 spiro atoms. The number of hydrogen-bond donors (Lipinski definition) is 1. The van der Waals surface area contributed by atoms with Crippen molar-refractivity contribution in [3.8, 4) is 0 Å². The van der Waals surface area contributed by atoms with E-state index in [9.17, 15) is 23.3 Å². The van der Waals surface area contributed by atoms with Crippen LogP contribution >= 0.6 is 23.8 Å². The van der Waals surface area contributed by atoms with E-state index in [2.05, 4.69) is 5.32 Å². The van der Waals surface area contributed by atoms with E-state index in [1.807, 2.05) is 6.92 Å². The van der Waals surface area contributed by atoms with Crippen LogP contribution in [0.3, 0.4) is 0 Å². The van der Waals surface area contributed by atoms with Gasteiger partial charge < -0.3 is 10.2 Å². The molecule has 0 aromatic heterocycles. The number of thiocarbonyl (C=S) groups is 1. The van der Waals surface area contributed by atoms with Gasteiger partial charge in [0.1, 0.15) is 5.69 Å². The van der Waals surface area contributed by atoms with E-state index in [0.717, 1.165) is 37.3 Å². The molecule has 5 nitrogen and oxygen atoms in total. The predicted molar refractivity (Wildman–Crippen MR) is 132 cm³/mol. The topological polar surface area (TPSA) is 58.4 Å². The average molecular weight is 514 g/mol. The van der Waals surface area contributed by atoms with Crippen molar-refractivity contribution in [1.82, 2.24) is 5.32 Å². The zero-order chi connectivity index (χ0) is 24.9. The van der Waals surface area contributed by atoms with Gasteiger partial charge in [-0.15, -0.1) is 0 Å². The summed E-state index contributed by atoms with van der Waals surface area (Å²) in [7, 11) is 0. The number of nitrogens with zero attached hydrogens (tertiary/aromatic N) is 2. The number of rotatable bonds is 8. The van der Waals surface area contributed by atoms with Crippen LogP contribution in [-0.4, -0.2) is 22.0 Å². The largest absolute Gasteiger partial charge is 0.416 e. The Hall–Kier alpha value is -2.39. The smallest absolute Gasteiger partial charge is 0.375 e. The molecule has 1 aliphatic rings. The average Bonchev–Trinajstić information content (AvgIpc) is 2.80. The van der Waals surface area contributed by atoms with Crippen LogP contribution in [0.2, 0.25) is 5.02 Å². The van der Waals surface area contributed by atoms with Gasteiger partial charge in [-0.1, -0.05) is 62.1 Å². The molecule has 0 bridgehead atoms. The van der Waals surface area contributed by atoms with E-state index < -0.39 is 28.4 Å². The van der Waals surface area contributed by atoms with Crippen LogP contribution in [0, 0.1) is 10.1 Å². The molecule has 1 saturated carbocycles. The normalized spacial score (nSPS) is 15.6. The van der Waals surface area contributed by atoms with E-state index in [1.165, 1.54) is 12.5 Å². The molecule has 3 rings (SSSR count). The van der Waals surface area contributed by atoms with Gasteiger partial charge in [0.25, 0.3) is 5.69 Å². The Bertz CT molecular complexity index is 1010. The van der Waals surface area contributed by atoms with Crippen LogP contribution in [0.1, 0.15) is 56.6 Å². The van der Waals surface area contributed by atoms with E-state index >= 15 is 0 Å². The molecule has 1 atom stereocenters. The lowest BCUT2D eigenvalue weighted by atomic mass is 9.95. The van der Waals surface area contributed by atoms with E-state index in [4.69, 9.17) is 23.8 Å². The Morgan fingerprint density at radius 1 is 1.21 bits per heavy atom. The molecular formula is C24H27ClF3N3O2S. The second kappa shape index (κ2) is 11.4. The van der Waals surface area contributed by atoms with Crippen molar-refractivity contribution in [1.29, 1.82) is 0 Å². The number of anilines is 1. The molecule has 0 aliphatic heterocycles. The number of hydrogen-bond acceptors (Lipinski definition) is 4. The number of benzene rings is 2.